The summed E-state index contributed by atoms with van der Waals surface area (Å²) in [5.74, 6) is 1.37. The van der Waals surface area contributed by atoms with Gasteiger partial charge in [0.05, 0.1) is 26.7 Å². The van der Waals surface area contributed by atoms with E-state index < -0.39 is 0 Å². The predicted octanol–water partition coefficient (Wildman–Crippen LogP) is 3.78. The zero-order chi connectivity index (χ0) is 16.8. The van der Waals surface area contributed by atoms with Crippen LogP contribution >= 0.6 is 11.6 Å². The van der Waals surface area contributed by atoms with Gasteiger partial charge in [0.15, 0.2) is 0 Å². The molecule has 0 saturated carbocycles. The Kier molecular flexibility index (Phi) is 5.88. The van der Waals surface area contributed by atoms with Crippen LogP contribution in [0.15, 0.2) is 42.5 Å². The molecule has 1 atom stereocenters. The van der Waals surface area contributed by atoms with E-state index in [0.29, 0.717) is 17.2 Å². The number of rotatable bonds is 6. The first kappa shape index (κ1) is 17.2. The van der Waals surface area contributed by atoms with Crippen LogP contribution in [0, 0.1) is 0 Å². The Hall–Kier alpha value is -2.20. The third kappa shape index (κ3) is 4.63. The first-order valence-electron chi connectivity index (χ1n) is 7.29. The maximum Gasteiger partial charge on any atom is 0.224 e. The van der Waals surface area contributed by atoms with Crippen molar-refractivity contribution in [2.75, 3.05) is 14.2 Å². The van der Waals surface area contributed by atoms with Gasteiger partial charge in [-0.1, -0.05) is 23.7 Å². The number of carbonyl (C=O) groups is 1. The molecule has 0 unspecified atom stereocenters. The van der Waals surface area contributed by atoms with Crippen molar-refractivity contribution < 1.29 is 14.3 Å². The molecule has 0 fully saturated rings. The Morgan fingerprint density at radius 2 is 1.83 bits per heavy atom. The predicted molar refractivity (Wildman–Crippen MR) is 91.3 cm³/mol. The van der Waals surface area contributed by atoms with E-state index in [0.717, 1.165) is 16.9 Å². The van der Waals surface area contributed by atoms with Crippen LogP contribution in [0.4, 0.5) is 0 Å². The minimum Gasteiger partial charge on any atom is -0.497 e. The average Bonchev–Trinajstić information content (AvgIpc) is 2.56. The number of ether oxygens (including phenoxy) is 2. The van der Waals surface area contributed by atoms with Crippen LogP contribution in [0.3, 0.4) is 0 Å². The largest absolute Gasteiger partial charge is 0.497 e. The number of hydrogen-bond donors (Lipinski definition) is 1. The van der Waals surface area contributed by atoms with E-state index >= 15 is 0 Å². The summed E-state index contributed by atoms with van der Waals surface area (Å²) in [7, 11) is 3.21. The van der Waals surface area contributed by atoms with Crippen molar-refractivity contribution in [3.8, 4) is 11.5 Å². The lowest BCUT2D eigenvalue weighted by Gasteiger charge is -2.18. The summed E-state index contributed by atoms with van der Waals surface area (Å²) in [6, 6.07) is 12.6. The molecule has 23 heavy (non-hydrogen) atoms. The molecule has 0 heterocycles. The maximum absolute atomic E-state index is 12.2. The smallest absolute Gasteiger partial charge is 0.224 e. The maximum atomic E-state index is 12.2. The number of benzene rings is 2. The number of amides is 1. The molecule has 0 spiro atoms. The molecule has 1 amide bonds. The van der Waals surface area contributed by atoms with E-state index in [9.17, 15) is 4.79 Å². The number of carbonyl (C=O) groups excluding carboxylic acids is 1. The summed E-state index contributed by atoms with van der Waals surface area (Å²) < 4.78 is 10.6. The first-order valence-corrected chi connectivity index (χ1v) is 7.67. The standard InChI is InChI=1S/C18H20ClNO3/c1-12(16-11-15(22-2)8-9-17(16)23-3)20-18(21)10-13-4-6-14(19)7-5-13/h4-9,11-12H,10H2,1-3H3,(H,20,21)/t12-/m0/s1. The van der Waals surface area contributed by atoms with E-state index in [1.165, 1.54) is 0 Å². The molecule has 0 aromatic heterocycles. The van der Waals surface area contributed by atoms with Crippen molar-refractivity contribution in [3.05, 3.63) is 58.6 Å². The monoisotopic (exact) mass is 333 g/mol. The van der Waals surface area contributed by atoms with Crippen molar-refractivity contribution in [1.29, 1.82) is 0 Å². The van der Waals surface area contributed by atoms with Gasteiger partial charge < -0.3 is 14.8 Å². The molecule has 0 bridgehead atoms. The molecule has 2 aromatic carbocycles. The summed E-state index contributed by atoms with van der Waals surface area (Å²) in [6.07, 6.45) is 0.299. The van der Waals surface area contributed by atoms with Gasteiger partial charge in [0.25, 0.3) is 0 Å². The molecule has 2 aromatic rings. The Morgan fingerprint density at radius 3 is 2.43 bits per heavy atom. The van der Waals surface area contributed by atoms with Crippen molar-refractivity contribution in [2.24, 2.45) is 0 Å². The van der Waals surface area contributed by atoms with Crippen molar-refractivity contribution >= 4 is 17.5 Å². The Morgan fingerprint density at radius 1 is 1.13 bits per heavy atom. The highest BCUT2D eigenvalue weighted by atomic mass is 35.5. The zero-order valence-electron chi connectivity index (χ0n) is 13.4. The van der Waals surface area contributed by atoms with Crippen LogP contribution in [-0.4, -0.2) is 20.1 Å². The fourth-order valence-corrected chi connectivity index (χ4v) is 2.46. The average molecular weight is 334 g/mol. The van der Waals surface area contributed by atoms with E-state index in [1.54, 1.807) is 26.4 Å². The summed E-state index contributed by atoms with van der Waals surface area (Å²) in [6.45, 7) is 1.91. The highest BCUT2D eigenvalue weighted by Crippen LogP contribution is 2.29. The second kappa shape index (κ2) is 7.88. The van der Waals surface area contributed by atoms with Gasteiger partial charge in [-0.05, 0) is 42.8 Å². The van der Waals surface area contributed by atoms with E-state index in [-0.39, 0.29) is 11.9 Å². The Bertz CT molecular complexity index is 670. The third-order valence-electron chi connectivity index (χ3n) is 3.56. The quantitative estimate of drug-likeness (QED) is 0.875. The first-order chi connectivity index (χ1) is 11.0. The van der Waals surface area contributed by atoms with E-state index in [4.69, 9.17) is 21.1 Å². The summed E-state index contributed by atoms with van der Waals surface area (Å²) >= 11 is 5.85. The Labute approximate surface area is 141 Å². The van der Waals surface area contributed by atoms with Crippen LogP contribution < -0.4 is 14.8 Å². The molecule has 4 nitrogen and oxygen atoms in total. The normalized spacial score (nSPS) is 11.7. The minimum absolute atomic E-state index is 0.0651. The van der Waals surface area contributed by atoms with Crippen LogP contribution in [0.25, 0.3) is 0 Å². The summed E-state index contributed by atoms with van der Waals surface area (Å²) in [4.78, 5) is 12.2. The van der Waals surface area contributed by atoms with Gasteiger partial charge in [-0.15, -0.1) is 0 Å². The summed E-state index contributed by atoms with van der Waals surface area (Å²) in [5, 5.41) is 3.63. The SMILES string of the molecule is COc1ccc(OC)c([C@H](C)NC(=O)Cc2ccc(Cl)cc2)c1. The van der Waals surface area contributed by atoms with Gasteiger partial charge >= 0.3 is 0 Å². The molecule has 1 N–H and O–H groups in total. The molecule has 0 aliphatic rings. The molecule has 0 saturated heterocycles. The van der Waals surface area contributed by atoms with Crippen LogP contribution in [0.5, 0.6) is 11.5 Å². The number of hydrogen-bond acceptors (Lipinski definition) is 3. The number of halogens is 1. The van der Waals surface area contributed by atoms with Gasteiger partial charge in [-0.3, -0.25) is 4.79 Å². The van der Waals surface area contributed by atoms with Crippen molar-refractivity contribution in [1.82, 2.24) is 5.32 Å². The van der Waals surface area contributed by atoms with Gasteiger partial charge in [0.2, 0.25) is 5.91 Å². The fourth-order valence-electron chi connectivity index (χ4n) is 2.34. The molecule has 5 heteroatoms. The van der Waals surface area contributed by atoms with E-state index in [1.807, 2.05) is 37.3 Å². The second-order valence-corrected chi connectivity index (χ2v) is 5.64. The number of methoxy groups -OCH3 is 2. The van der Waals surface area contributed by atoms with Gasteiger partial charge in [0, 0.05) is 10.6 Å². The highest BCUT2D eigenvalue weighted by Gasteiger charge is 2.15. The van der Waals surface area contributed by atoms with Gasteiger partial charge in [-0.25, -0.2) is 0 Å². The van der Waals surface area contributed by atoms with Crippen LogP contribution in [0.2, 0.25) is 5.02 Å². The fraction of sp³-hybridized carbons (Fsp3) is 0.278. The van der Waals surface area contributed by atoms with Gasteiger partial charge in [0.1, 0.15) is 11.5 Å². The molecule has 0 aliphatic heterocycles. The van der Waals surface area contributed by atoms with E-state index in [2.05, 4.69) is 5.32 Å². The highest BCUT2D eigenvalue weighted by molar-refractivity contribution is 6.30. The van der Waals surface area contributed by atoms with Crippen molar-refractivity contribution in [2.45, 2.75) is 19.4 Å². The topological polar surface area (TPSA) is 47.6 Å². The van der Waals surface area contributed by atoms with Crippen molar-refractivity contribution in [3.63, 3.8) is 0 Å². The molecule has 122 valence electrons. The van der Waals surface area contributed by atoms with Gasteiger partial charge in [-0.2, -0.15) is 0 Å². The number of nitrogens with one attached hydrogen (secondary N) is 1. The third-order valence-corrected chi connectivity index (χ3v) is 3.81. The lowest BCUT2D eigenvalue weighted by atomic mass is 10.1. The lowest BCUT2D eigenvalue weighted by molar-refractivity contribution is -0.121. The second-order valence-electron chi connectivity index (χ2n) is 5.20. The molecule has 2 rings (SSSR count). The molecular formula is C18H20ClNO3. The molecular weight excluding hydrogens is 314 g/mol. The Balaban J connectivity index is 2.07. The van der Waals surface area contributed by atoms with Crippen LogP contribution in [-0.2, 0) is 11.2 Å². The van der Waals surface area contributed by atoms with Crippen LogP contribution in [0.1, 0.15) is 24.1 Å². The molecule has 0 radical (unpaired) electrons. The zero-order valence-corrected chi connectivity index (χ0v) is 14.2. The summed E-state index contributed by atoms with van der Waals surface area (Å²) in [5.41, 5.74) is 1.79. The molecule has 0 aliphatic carbocycles. The lowest BCUT2D eigenvalue weighted by Crippen LogP contribution is -2.28. The minimum atomic E-state index is -0.195.